The summed E-state index contributed by atoms with van der Waals surface area (Å²) < 4.78 is 6.37. The van der Waals surface area contributed by atoms with E-state index in [-0.39, 0.29) is 0 Å². The Morgan fingerprint density at radius 1 is 1.00 bits per heavy atom. The maximum Gasteiger partial charge on any atom is 0.191 e. The normalized spacial score (nSPS) is 12.7. The average molecular weight is 291 g/mol. The predicted octanol–water partition coefficient (Wildman–Crippen LogP) is 5.89. The highest BCUT2D eigenvalue weighted by Crippen LogP contribution is 2.24. The zero-order valence-electron chi connectivity index (χ0n) is 13.6. The van der Waals surface area contributed by atoms with Crippen LogP contribution in [0.1, 0.15) is 46.1 Å². The van der Waals surface area contributed by atoms with Crippen molar-refractivity contribution in [2.45, 2.75) is 58.7 Å². The molecule has 0 radical (unpaired) electrons. The van der Waals surface area contributed by atoms with Crippen LogP contribution < -0.4 is 0 Å². The van der Waals surface area contributed by atoms with Gasteiger partial charge in [-0.15, -0.1) is 0 Å². The number of benzene rings is 1. The van der Waals surface area contributed by atoms with E-state index in [2.05, 4.69) is 64.1 Å². The molecule has 1 aromatic rings. The Balaban J connectivity index is 2.63. The minimum atomic E-state index is -1.44. The Hall–Kier alpha value is -0.863. The fraction of sp³-hybridized carbons (Fsp3) is 0.556. The van der Waals surface area contributed by atoms with Gasteiger partial charge in [-0.3, -0.25) is 0 Å². The molecular weight excluding hydrogens is 260 g/mol. The molecule has 0 aliphatic heterocycles. The molecule has 2 heteroatoms. The summed E-state index contributed by atoms with van der Waals surface area (Å²) in [5, 5.41) is 0. The van der Waals surface area contributed by atoms with Crippen LogP contribution in [0.2, 0.25) is 18.1 Å². The van der Waals surface area contributed by atoms with Gasteiger partial charge in [0, 0.05) is 6.61 Å². The second-order valence-electron chi connectivity index (χ2n) is 5.35. The van der Waals surface area contributed by atoms with E-state index in [1.807, 2.05) is 0 Å². The molecule has 0 aliphatic rings. The van der Waals surface area contributed by atoms with Crippen LogP contribution in [0.3, 0.4) is 0 Å². The van der Waals surface area contributed by atoms with Gasteiger partial charge < -0.3 is 4.43 Å². The number of hydrogen-bond donors (Lipinski definition) is 0. The monoisotopic (exact) mass is 290 g/mol. The Labute approximate surface area is 126 Å². The molecule has 0 saturated heterocycles. The zero-order valence-corrected chi connectivity index (χ0v) is 14.6. The Bertz CT molecular complexity index is 385. The van der Waals surface area contributed by atoms with E-state index in [1.54, 1.807) is 0 Å². The summed E-state index contributed by atoms with van der Waals surface area (Å²) in [6.07, 6.45) is 4.46. The lowest BCUT2D eigenvalue weighted by molar-refractivity contribution is 0.308. The van der Waals surface area contributed by atoms with Crippen molar-refractivity contribution in [2.24, 2.45) is 0 Å². The molecule has 0 bridgehead atoms. The van der Waals surface area contributed by atoms with Crippen molar-refractivity contribution in [1.29, 1.82) is 0 Å². The second-order valence-corrected chi connectivity index (χ2v) is 10.1. The molecule has 0 N–H and O–H groups in total. The summed E-state index contributed by atoms with van der Waals surface area (Å²) in [5.74, 6) is 0. The van der Waals surface area contributed by atoms with Gasteiger partial charge in [-0.25, -0.2) is 0 Å². The lowest BCUT2D eigenvalue weighted by Crippen LogP contribution is -2.36. The molecule has 0 atom stereocenters. The van der Waals surface area contributed by atoms with E-state index in [1.165, 1.54) is 29.3 Å². The summed E-state index contributed by atoms with van der Waals surface area (Å²) in [6, 6.07) is 14.4. The first kappa shape index (κ1) is 17.2. The first-order valence-corrected chi connectivity index (χ1v) is 10.6. The van der Waals surface area contributed by atoms with Gasteiger partial charge in [-0.05, 0) is 42.1 Å². The smallest absolute Gasteiger partial charge is 0.191 e. The van der Waals surface area contributed by atoms with E-state index in [0.29, 0.717) is 0 Å². The first-order valence-electron chi connectivity index (χ1n) is 8.09. The van der Waals surface area contributed by atoms with Crippen molar-refractivity contribution in [3.63, 3.8) is 0 Å². The van der Waals surface area contributed by atoms with Crippen LogP contribution >= 0.6 is 0 Å². The van der Waals surface area contributed by atoms with Crippen molar-refractivity contribution < 1.29 is 4.43 Å². The van der Waals surface area contributed by atoms with E-state index >= 15 is 0 Å². The highest BCUT2D eigenvalue weighted by atomic mass is 28.4. The van der Waals surface area contributed by atoms with Crippen LogP contribution in [-0.2, 0) is 4.43 Å². The topological polar surface area (TPSA) is 9.23 Å². The fourth-order valence-electron chi connectivity index (χ4n) is 2.70. The fourth-order valence-corrected chi connectivity index (χ4v) is 5.34. The lowest BCUT2D eigenvalue weighted by Gasteiger charge is -2.28. The highest BCUT2D eigenvalue weighted by molar-refractivity contribution is 6.73. The maximum absolute atomic E-state index is 6.37. The summed E-state index contributed by atoms with van der Waals surface area (Å²) >= 11 is 0. The van der Waals surface area contributed by atoms with Crippen LogP contribution in [0.25, 0.3) is 5.57 Å². The van der Waals surface area contributed by atoms with Gasteiger partial charge in [0.05, 0.1) is 0 Å². The lowest BCUT2D eigenvalue weighted by atomic mass is 10.0. The van der Waals surface area contributed by atoms with Crippen molar-refractivity contribution in [3.8, 4) is 0 Å². The van der Waals surface area contributed by atoms with Crippen LogP contribution in [0, 0.1) is 0 Å². The van der Waals surface area contributed by atoms with Gasteiger partial charge in [0.2, 0.25) is 0 Å². The molecule has 0 spiro atoms. The Morgan fingerprint density at radius 2 is 1.60 bits per heavy atom. The SMILES string of the molecule is CC/C=C(/CCO[Si](CC)(CC)CC)c1ccccc1. The predicted molar refractivity (Wildman–Crippen MR) is 92.5 cm³/mol. The second kappa shape index (κ2) is 9.14. The highest BCUT2D eigenvalue weighted by Gasteiger charge is 2.28. The average Bonchev–Trinajstić information content (AvgIpc) is 2.52. The van der Waals surface area contributed by atoms with Gasteiger partial charge in [-0.1, -0.05) is 64.1 Å². The molecule has 1 rings (SSSR count). The van der Waals surface area contributed by atoms with E-state index in [0.717, 1.165) is 19.4 Å². The van der Waals surface area contributed by atoms with Crippen LogP contribution in [0.5, 0.6) is 0 Å². The summed E-state index contributed by atoms with van der Waals surface area (Å²) in [4.78, 5) is 0. The molecule has 20 heavy (non-hydrogen) atoms. The summed E-state index contributed by atoms with van der Waals surface area (Å²) in [5.41, 5.74) is 2.77. The molecular formula is C18H30OSi. The standard InChI is InChI=1S/C18H30OSi/c1-5-12-17(18-13-10-9-11-14-18)15-16-19-20(6-2,7-3)8-4/h9-14H,5-8,15-16H2,1-4H3/b17-12-. The number of rotatable bonds is 9. The first-order chi connectivity index (χ1) is 9.71. The van der Waals surface area contributed by atoms with E-state index in [9.17, 15) is 0 Å². The molecule has 0 fully saturated rings. The van der Waals surface area contributed by atoms with Gasteiger partial charge in [0.1, 0.15) is 0 Å². The third-order valence-electron chi connectivity index (χ3n) is 4.31. The zero-order chi connectivity index (χ0) is 14.8. The number of hydrogen-bond acceptors (Lipinski definition) is 1. The molecule has 0 aliphatic carbocycles. The molecule has 0 amide bonds. The largest absolute Gasteiger partial charge is 0.416 e. The van der Waals surface area contributed by atoms with Crippen molar-refractivity contribution >= 4 is 13.9 Å². The van der Waals surface area contributed by atoms with Crippen LogP contribution in [0.4, 0.5) is 0 Å². The van der Waals surface area contributed by atoms with E-state index in [4.69, 9.17) is 4.43 Å². The van der Waals surface area contributed by atoms with E-state index < -0.39 is 8.32 Å². The van der Waals surface area contributed by atoms with Gasteiger partial charge in [0.15, 0.2) is 8.32 Å². The molecule has 112 valence electrons. The molecule has 0 unspecified atom stereocenters. The molecule has 0 aromatic heterocycles. The number of allylic oxidation sites excluding steroid dienone is 1. The molecule has 1 nitrogen and oxygen atoms in total. The van der Waals surface area contributed by atoms with Gasteiger partial charge >= 0.3 is 0 Å². The Morgan fingerprint density at radius 3 is 2.10 bits per heavy atom. The molecule has 0 saturated carbocycles. The molecule has 0 heterocycles. The minimum Gasteiger partial charge on any atom is -0.416 e. The Kier molecular flexibility index (Phi) is 7.86. The summed E-state index contributed by atoms with van der Waals surface area (Å²) in [7, 11) is -1.44. The van der Waals surface area contributed by atoms with Gasteiger partial charge in [0.25, 0.3) is 0 Å². The molecule has 1 aromatic carbocycles. The third kappa shape index (κ3) is 4.91. The minimum absolute atomic E-state index is 0.877. The maximum atomic E-state index is 6.37. The van der Waals surface area contributed by atoms with Crippen molar-refractivity contribution in [1.82, 2.24) is 0 Å². The van der Waals surface area contributed by atoms with Crippen LogP contribution in [-0.4, -0.2) is 14.9 Å². The van der Waals surface area contributed by atoms with Crippen molar-refractivity contribution in [3.05, 3.63) is 42.0 Å². The summed E-state index contributed by atoms with van der Waals surface area (Å²) in [6.45, 7) is 9.95. The van der Waals surface area contributed by atoms with Gasteiger partial charge in [-0.2, -0.15) is 0 Å². The van der Waals surface area contributed by atoms with Crippen LogP contribution in [0.15, 0.2) is 36.4 Å². The third-order valence-corrected chi connectivity index (χ3v) is 8.99. The quantitative estimate of drug-likeness (QED) is 0.515. The van der Waals surface area contributed by atoms with Crippen molar-refractivity contribution in [2.75, 3.05) is 6.61 Å².